The Kier molecular flexibility index (Phi) is 78.3. The fourth-order valence-corrected chi connectivity index (χ4v) is 14.9. The molecule has 0 aliphatic heterocycles. The van der Waals surface area contributed by atoms with Gasteiger partial charge in [0.05, 0.1) is 27.7 Å². The highest BCUT2D eigenvalue weighted by Gasteiger charge is 2.27. The molecule has 0 aromatic heterocycles. The normalized spacial score (nSPS) is 12.8. The van der Waals surface area contributed by atoms with Gasteiger partial charge in [-0.25, -0.2) is 4.57 Å². The molecule has 1 N–H and O–H groups in total. The maximum absolute atomic E-state index is 12.9. The van der Waals surface area contributed by atoms with Gasteiger partial charge in [-0.15, -0.1) is 0 Å². The van der Waals surface area contributed by atoms with E-state index in [4.69, 9.17) is 18.5 Å². The summed E-state index contributed by atoms with van der Waals surface area (Å²) in [6.07, 6.45) is 100. The summed E-state index contributed by atoms with van der Waals surface area (Å²) in [5, 5.41) is 0. The second-order valence-electron chi connectivity index (χ2n) is 32.0. The van der Waals surface area contributed by atoms with Gasteiger partial charge in [0.15, 0.2) is 6.10 Å². The fraction of sp³-hybridized carbons (Fsp3) is 0.977. The second-order valence-corrected chi connectivity index (χ2v) is 33.5. The Hall–Kier alpha value is -0.990. The van der Waals surface area contributed by atoms with Crippen molar-refractivity contribution >= 4 is 19.8 Å². The van der Waals surface area contributed by atoms with Gasteiger partial charge < -0.3 is 18.9 Å². The Morgan fingerprint density at radius 2 is 0.464 bits per heavy atom. The van der Waals surface area contributed by atoms with E-state index in [0.717, 1.165) is 38.5 Å². The predicted molar refractivity (Wildman–Crippen MR) is 423 cm³/mol. The summed E-state index contributed by atoms with van der Waals surface area (Å²) in [6.45, 7) is 4.55. The van der Waals surface area contributed by atoms with Crippen LogP contribution in [0.3, 0.4) is 0 Å². The molecule has 580 valence electrons. The van der Waals surface area contributed by atoms with Gasteiger partial charge in [0.2, 0.25) is 0 Å². The van der Waals surface area contributed by atoms with Crippen LogP contribution in [0.4, 0.5) is 0 Å². The van der Waals surface area contributed by atoms with Crippen LogP contribution < -0.4 is 0 Å². The SMILES string of the molecule is CCCCCCCCCCCCCCCCCCCCCCCCCCCCCCCCCCCCCCCCC(=O)OC(COC(=O)CCCCCCCCCCCCCCCCCCCCCCCCCCCCCCCCCCCCC)COP(=O)(O)OCC[N+](C)(C)C. The zero-order valence-electron chi connectivity index (χ0n) is 66.6. The van der Waals surface area contributed by atoms with Crippen molar-refractivity contribution in [2.75, 3.05) is 47.5 Å². The van der Waals surface area contributed by atoms with Crippen LogP contribution in [-0.4, -0.2) is 74.9 Å². The van der Waals surface area contributed by atoms with Gasteiger partial charge in [0, 0.05) is 12.8 Å². The molecule has 10 heteroatoms. The van der Waals surface area contributed by atoms with Gasteiger partial charge in [-0.3, -0.25) is 18.6 Å². The molecule has 2 atom stereocenters. The minimum atomic E-state index is -4.39. The highest BCUT2D eigenvalue weighted by atomic mass is 31.2. The molecule has 0 aromatic rings. The largest absolute Gasteiger partial charge is 0.472 e. The van der Waals surface area contributed by atoms with Crippen LogP contribution in [0, 0.1) is 0 Å². The quantitative estimate of drug-likeness (QED) is 0.0278. The Morgan fingerprint density at radius 3 is 0.660 bits per heavy atom. The van der Waals surface area contributed by atoms with Gasteiger partial charge in [-0.05, 0) is 12.8 Å². The number of esters is 2. The average molecular weight is 1390 g/mol. The smallest absolute Gasteiger partial charge is 0.462 e. The number of phosphoric acid groups is 1. The minimum absolute atomic E-state index is 0.0380. The van der Waals surface area contributed by atoms with Crippen molar-refractivity contribution in [1.82, 2.24) is 0 Å². The third kappa shape index (κ3) is 83.8. The maximum Gasteiger partial charge on any atom is 0.472 e. The summed E-state index contributed by atoms with van der Waals surface area (Å²) < 4.78 is 34.9. The molecular weight excluding hydrogens is 1220 g/mol. The Bertz CT molecular complexity index is 1590. The van der Waals surface area contributed by atoms with Crippen molar-refractivity contribution in [3.63, 3.8) is 0 Å². The summed E-state index contributed by atoms with van der Waals surface area (Å²) in [7, 11) is 1.51. The van der Waals surface area contributed by atoms with E-state index in [1.807, 2.05) is 21.1 Å². The number of carbonyl (C=O) groups excluding carboxylic acids is 2. The highest BCUT2D eigenvalue weighted by Crippen LogP contribution is 2.43. The topological polar surface area (TPSA) is 108 Å². The van der Waals surface area contributed by atoms with E-state index in [1.165, 1.54) is 430 Å². The number of carbonyl (C=O) groups is 2. The van der Waals surface area contributed by atoms with Gasteiger partial charge in [0.25, 0.3) is 0 Å². The van der Waals surface area contributed by atoms with Crippen LogP contribution in [0.1, 0.15) is 495 Å². The monoisotopic (exact) mass is 1390 g/mol. The van der Waals surface area contributed by atoms with Crippen LogP contribution >= 0.6 is 7.82 Å². The molecule has 0 saturated heterocycles. The van der Waals surface area contributed by atoms with Crippen LogP contribution in [0.5, 0.6) is 0 Å². The molecule has 0 amide bonds. The Labute approximate surface area is 607 Å². The lowest BCUT2D eigenvalue weighted by Crippen LogP contribution is -2.37. The molecule has 0 aliphatic rings. The number of likely N-dealkylation sites (N-methyl/N-ethyl adjacent to an activating group) is 1. The summed E-state index contributed by atoms with van der Waals surface area (Å²) in [6, 6.07) is 0. The minimum Gasteiger partial charge on any atom is -0.462 e. The number of nitrogens with zero attached hydrogens (tertiary/aromatic N) is 1. The van der Waals surface area contributed by atoms with Crippen LogP contribution in [0.15, 0.2) is 0 Å². The van der Waals surface area contributed by atoms with Gasteiger partial charge in [-0.1, -0.05) is 470 Å². The lowest BCUT2D eigenvalue weighted by atomic mass is 10.0. The molecule has 0 bridgehead atoms. The van der Waals surface area contributed by atoms with Crippen molar-refractivity contribution in [2.24, 2.45) is 0 Å². The van der Waals surface area contributed by atoms with E-state index in [1.54, 1.807) is 0 Å². The van der Waals surface area contributed by atoms with Crippen molar-refractivity contribution in [3.8, 4) is 0 Å². The van der Waals surface area contributed by atoms with Crippen molar-refractivity contribution < 1.29 is 42.1 Å². The number of phosphoric ester groups is 1. The van der Waals surface area contributed by atoms with Crippen molar-refractivity contribution in [2.45, 2.75) is 502 Å². The zero-order chi connectivity index (χ0) is 70.4. The first-order chi connectivity index (χ1) is 47.5. The van der Waals surface area contributed by atoms with E-state index in [9.17, 15) is 19.0 Å². The first-order valence-corrected chi connectivity index (χ1v) is 45.8. The van der Waals surface area contributed by atoms with Crippen LogP contribution in [0.2, 0.25) is 0 Å². The summed E-state index contributed by atoms with van der Waals surface area (Å²) in [4.78, 5) is 36.0. The molecule has 0 heterocycles. The molecule has 97 heavy (non-hydrogen) atoms. The molecule has 0 aliphatic carbocycles. The molecule has 0 radical (unpaired) electrons. The predicted octanol–water partition coefficient (Wildman–Crippen LogP) is 29.6. The summed E-state index contributed by atoms with van der Waals surface area (Å²) in [5.41, 5.74) is 0. The molecule has 0 rings (SSSR count). The van der Waals surface area contributed by atoms with E-state index >= 15 is 0 Å². The first kappa shape index (κ1) is 96.0. The second kappa shape index (κ2) is 79.1. The lowest BCUT2D eigenvalue weighted by molar-refractivity contribution is -0.870. The molecule has 2 unspecified atom stereocenters. The van der Waals surface area contributed by atoms with Crippen LogP contribution in [-0.2, 0) is 32.7 Å². The van der Waals surface area contributed by atoms with Crippen LogP contribution in [0.25, 0.3) is 0 Å². The summed E-state index contributed by atoms with van der Waals surface area (Å²) >= 11 is 0. The van der Waals surface area contributed by atoms with Crippen molar-refractivity contribution in [1.29, 1.82) is 0 Å². The number of rotatable bonds is 85. The Morgan fingerprint density at radius 1 is 0.278 bits per heavy atom. The molecular formula is C87H175NO8P+. The lowest BCUT2D eigenvalue weighted by Gasteiger charge is -2.24. The number of quaternary nitrogens is 1. The van der Waals surface area contributed by atoms with Crippen molar-refractivity contribution in [3.05, 3.63) is 0 Å². The third-order valence-electron chi connectivity index (χ3n) is 20.9. The maximum atomic E-state index is 12.9. The van der Waals surface area contributed by atoms with E-state index < -0.39 is 26.5 Å². The molecule has 0 aromatic carbocycles. The number of unbranched alkanes of at least 4 members (excludes halogenated alkanes) is 71. The molecule has 9 nitrogen and oxygen atoms in total. The number of hydrogen-bond donors (Lipinski definition) is 1. The molecule has 0 saturated carbocycles. The third-order valence-corrected chi connectivity index (χ3v) is 21.9. The van der Waals surface area contributed by atoms with E-state index in [-0.39, 0.29) is 25.6 Å². The van der Waals surface area contributed by atoms with Gasteiger partial charge >= 0.3 is 19.8 Å². The summed E-state index contributed by atoms with van der Waals surface area (Å²) in [5.74, 6) is -0.762. The highest BCUT2D eigenvalue weighted by molar-refractivity contribution is 7.47. The first-order valence-electron chi connectivity index (χ1n) is 44.3. The molecule has 0 spiro atoms. The fourth-order valence-electron chi connectivity index (χ4n) is 14.1. The number of ether oxygens (including phenoxy) is 2. The van der Waals surface area contributed by atoms with Gasteiger partial charge in [0.1, 0.15) is 19.8 Å². The Balaban J connectivity index is 3.83. The van der Waals surface area contributed by atoms with E-state index in [0.29, 0.717) is 17.4 Å². The standard InChI is InChI=1S/C87H174NO8P/c1-6-8-10-12-14-16-18-20-22-24-26-28-30-32-34-36-38-40-42-43-44-46-48-50-52-54-56-58-60-62-64-66-68-70-72-74-76-78-80-87(90)96-85(84-95-97(91,92)94-82-81-88(3,4)5)83-93-86(89)79-77-75-73-71-69-67-65-63-61-59-57-55-53-51-49-47-45-41-39-37-35-33-31-29-27-25-23-21-19-17-15-13-11-9-7-2/h85H,6-84H2,1-5H3/p+1. The zero-order valence-corrected chi connectivity index (χ0v) is 67.5. The average Bonchev–Trinajstić information content (AvgIpc) is 1.41. The number of hydrogen-bond acceptors (Lipinski definition) is 7. The van der Waals surface area contributed by atoms with E-state index in [2.05, 4.69) is 13.8 Å². The van der Waals surface area contributed by atoms with Gasteiger partial charge in [-0.2, -0.15) is 0 Å². The molecule has 0 fully saturated rings.